The number of likely N-dealkylation sites (N-methyl/N-ethyl adjacent to an activating group) is 1. The third-order valence-corrected chi connectivity index (χ3v) is 2.60. The van der Waals surface area contributed by atoms with Gasteiger partial charge in [-0.15, -0.1) is 0 Å². The lowest BCUT2D eigenvalue weighted by atomic mass is 10.2. The van der Waals surface area contributed by atoms with Crippen LogP contribution in [0.1, 0.15) is 26.3 Å². The molecule has 0 spiro atoms. The number of nitrogens with one attached hydrogen (secondary N) is 2. The molecule has 0 heterocycles. The summed E-state index contributed by atoms with van der Waals surface area (Å²) in [4.78, 5) is 34.7. The first-order valence-corrected chi connectivity index (χ1v) is 7.33. The van der Waals surface area contributed by atoms with Gasteiger partial charge in [-0.25, -0.2) is 9.59 Å². The van der Waals surface area contributed by atoms with Crippen molar-refractivity contribution in [3.05, 3.63) is 35.9 Å². The van der Waals surface area contributed by atoms with E-state index in [-0.39, 0.29) is 5.75 Å². The highest BCUT2D eigenvalue weighted by Gasteiger charge is 2.18. The number of rotatable bonds is 4. The number of benzene rings is 1. The molecule has 0 fully saturated rings. The first-order chi connectivity index (χ1) is 11.1. The van der Waals surface area contributed by atoms with Crippen LogP contribution in [0.3, 0.4) is 0 Å². The van der Waals surface area contributed by atoms with E-state index in [1.54, 1.807) is 39.0 Å². The van der Waals surface area contributed by atoms with E-state index in [1.165, 1.54) is 7.05 Å². The molecule has 7 heteroatoms. The lowest BCUT2D eigenvalue weighted by molar-refractivity contribution is -0.129. The van der Waals surface area contributed by atoms with E-state index in [0.717, 1.165) is 17.7 Å². The van der Waals surface area contributed by atoms with Crippen molar-refractivity contribution in [3.63, 3.8) is 0 Å². The minimum Gasteiger partial charge on any atom is -0.444 e. The molecular formula is C17H22N2O5. The van der Waals surface area contributed by atoms with Crippen LogP contribution in [0, 0.1) is 6.92 Å². The van der Waals surface area contributed by atoms with Gasteiger partial charge >= 0.3 is 12.1 Å². The van der Waals surface area contributed by atoms with Crippen molar-refractivity contribution in [1.82, 2.24) is 5.32 Å². The van der Waals surface area contributed by atoms with E-state index in [2.05, 4.69) is 10.6 Å². The Balaban J connectivity index is 2.88. The molecule has 1 aromatic rings. The minimum atomic E-state index is -0.741. The van der Waals surface area contributed by atoms with Crippen molar-refractivity contribution in [2.45, 2.75) is 33.3 Å². The van der Waals surface area contributed by atoms with E-state index in [1.807, 2.05) is 6.92 Å². The number of anilines is 1. The number of aryl methyl sites for hydroxylation is 1. The SMILES string of the molecule is CNC(=O)/C=C/C(=O)Oc1ccc(C)cc1NC(=O)OC(C)(C)C. The summed E-state index contributed by atoms with van der Waals surface area (Å²) in [6.07, 6.45) is 1.39. The molecular weight excluding hydrogens is 312 g/mol. The molecule has 2 N–H and O–H groups in total. The molecule has 0 saturated heterocycles. The average molecular weight is 334 g/mol. The van der Waals surface area contributed by atoms with Gasteiger partial charge in [0.15, 0.2) is 5.75 Å². The van der Waals surface area contributed by atoms with Crippen LogP contribution in [-0.4, -0.2) is 30.6 Å². The number of esters is 1. The van der Waals surface area contributed by atoms with Gasteiger partial charge in [0, 0.05) is 19.2 Å². The Kier molecular flexibility index (Phi) is 6.52. The van der Waals surface area contributed by atoms with Crippen molar-refractivity contribution in [1.29, 1.82) is 0 Å². The second-order valence-corrected chi connectivity index (χ2v) is 6.00. The normalized spacial score (nSPS) is 11.0. The van der Waals surface area contributed by atoms with Gasteiger partial charge < -0.3 is 14.8 Å². The molecule has 1 aromatic carbocycles. The summed E-state index contributed by atoms with van der Waals surface area (Å²) in [5, 5.41) is 4.89. The van der Waals surface area contributed by atoms with Crippen molar-refractivity contribution in [2.24, 2.45) is 0 Å². The van der Waals surface area contributed by atoms with E-state index in [9.17, 15) is 14.4 Å². The number of hydrogen-bond donors (Lipinski definition) is 2. The summed E-state index contributed by atoms with van der Waals surface area (Å²) >= 11 is 0. The Labute approximate surface area is 141 Å². The summed E-state index contributed by atoms with van der Waals surface area (Å²) < 4.78 is 10.3. The third-order valence-electron chi connectivity index (χ3n) is 2.60. The maximum atomic E-state index is 11.9. The molecule has 0 atom stereocenters. The van der Waals surface area contributed by atoms with Gasteiger partial charge in [-0.1, -0.05) is 6.07 Å². The average Bonchev–Trinajstić information content (AvgIpc) is 2.45. The Morgan fingerprint density at radius 3 is 2.38 bits per heavy atom. The lowest BCUT2D eigenvalue weighted by Crippen LogP contribution is -2.27. The molecule has 2 amide bonds. The highest BCUT2D eigenvalue weighted by molar-refractivity contribution is 5.96. The Bertz CT molecular complexity index is 659. The van der Waals surface area contributed by atoms with Gasteiger partial charge in [-0.3, -0.25) is 10.1 Å². The van der Waals surface area contributed by atoms with Crippen LogP contribution in [-0.2, 0) is 14.3 Å². The molecule has 0 aliphatic rings. The van der Waals surface area contributed by atoms with E-state index in [0.29, 0.717) is 5.69 Å². The molecule has 24 heavy (non-hydrogen) atoms. The van der Waals surface area contributed by atoms with Crippen LogP contribution in [0.5, 0.6) is 5.75 Å². The summed E-state index contributed by atoms with van der Waals surface area (Å²) in [5.41, 5.74) is 0.508. The van der Waals surface area contributed by atoms with Gasteiger partial charge in [-0.05, 0) is 45.4 Å². The van der Waals surface area contributed by atoms with Gasteiger partial charge in [-0.2, -0.15) is 0 Å². The fourth-order valence-electron chi connectivity index (χ4n) is 1.61. The molecule has 7 nitrogen and oxygen atoms in total. The number of carbonyl (C=O) groups is 3. The van der Waals surface area contributed by atoms with Crippen LogP contribution < -0.4 is 15.4 Å². The zero-order valence-corrected chi connectivity index (χ0v) is 14.4. The van der Waals surface area contributed by atoms with Crippen molar-refractivity contribution in [2.75, 3.05) is 12.4 Å². The van der Waals surface area contributed by atoms with Crippen LogP contribution in [0.15, 0.2) is 30.4 Å². The van der Waals surface area contributed by atoms with Crippen molar-refractivity contribution >= 4 is 23.7 Å². The molecule has 0 aliphatic carbocycles. The highest BCUT2D eigenvalue weighted by Crippen LogP contribution is 2.26. The number of ether oxygens (including phenoxy) is 2. The van der Waals surface area contributed by atoms with Crippen LogP contribution in [0.2, 0.25) is 0 Å². The maximum Gasteiger partial charge on any atom is 0.412 e. The predicted octanol–water partition coefficient (Wildman–Crippen LogP) is 2.55. The summed E-state index contributed by atoms with van der Waals surface area (Å²) in [5.74, 6) is -1.02. The van der Waals surface area contributed by atoms with Gasteiger partial charge in [0.2, 0.25) is 5.91 Å². The molecule has 0 bridgehead atoms. The molecule has 0 aromatic heterocycles. The Morgan fingerprint density at radius 1 is 1.12 bits per heavy atom. The fourth-order valence-corrected chi connectivity index (χ4v) is 1.61. The third kappa shape index (κ3) is 6.95. The maximum absolute atomic E-state index is 11.9. The first kappa shape index (κ1) is 19.2. The van der Waals surface area contributed by atoms with Crippen LogP contribution >= 0.6 is 0 Å². The summed E-state index contributed by atoms with van der Waals surface area (Å²) in [6, 6.07) is 4.92. The molecule has 0 unspecified atom stereocenters. The van der Waals surface area contributed by atoms with Crippen LogP contribution in [0.4, 0.5) is 10.5 Å². The van der Waals surface area contributed by atoms with Gasteiger partial charge in [0.1, 0.15) is 5.60 Å². The van der Waals surface area contributed by atoms with E-state index < -0.39 is 23.6 Å². The quantitative estimate of drug-likeness (QED) is 0.501. The Morgan fingerprint density at radius 2 is 1.79 bits per heavy atom. The van der Waals surface area contributed by atoms with Crippen LogP contribution in [0.25, 0.3) is 0 Å². The standard InChI is InChI=1S/C17H22N2O5/c1-11-6-7-13(23-15(21)9-8-14(20)18-5)12(10-11)19-16(22)24-17(2,3)4/h6-10H,1-5H3,(H,18,20)(H,19,22)/b9-8+. The van der Waals surface area contributed by atoms with Crippen molar-refractivity contribution < 1.29 is 23.9 Å². The fraction of sp³-hybridized carbons (Fsp3) is 0.353. The monoisotopic (exact) mass is 334 g/mol. The molecule has 0 saturated carbocycles. The zero-order valence-electron chi connectivity index (χ0n) is 14.4. The smallest absolute Gasteiger partial charge is 0.412 e. The molecule has 0 radical (unpaired) electrons. The Hall–Kier alpha value is -2.83. The number of hydrogen-bond acceptors (Lipinski definition) is 5. The zero-order chi connectivity index (χ0) is 18.3. The summed E-state index contributed by atoms with van der Waals surface area (Å²) in [6.45, 7) is 7.06. The van der Waals surface area contributed by atoms with E-state index in [4.69, 9.17) is 9.47 Å². The largest absolute Gasteiger partial charge is 0.444 e. The first-order valence-electron chi connectivity index (χ1n) is 7.33. The second-order valence-electron chi connectivity index (χ2n) is 6.00. The minimum absolute atomic E-state index is 0.151. The highest BCUT2D eigenvalue weighted by atomic mass is 16.6. The second kappa shape index (κ2) is 8.14. The molecule has 130 valence electrons. The van der Waals surface area contributed by atoms with Gasteiger partial charge in [0.25, 0.3) is 0 Å². The van der Waals surface area contributed by atoms with E-state index >= 15 is 0 Å². The van der Waals surface area contributed by atoms with Gasteiger partial charge in [0.05, 0.1) is 5.69 Å². The molecule has 1 rings (SSSR count). The number of carbonyl (C=O) groups excluding carboxylic acids is 3. The predicted molar refractivity (Wildman–Crippen MR) is 89.9 cm³/mol. The lowest BCUT2D eigenvalue weighted by Gasteiger charge is -2.20. The summed E-state index contributed by atoms with van der Waals surface area (Å²) in [7, 11) is 1.45. The topological polar surface area (TPSA) is 93.7 Å². The number of amides is 2. The molecule has 0 aliphatic heterocycles. The van der Waals surface area contributed by atoms with Crippen molar-refractivity contribution in [3.8, 4) is 5.75 Å².